The third-order valence-corrected chi connectivity index (χ3v) is 2.95. The first kappa shape index (κ1) is 10.6. The predicted molar refractivity (Wildman–Crippen MR) is 57.5 cm³/mol. The molecular formula is C12H17NO2. The van der Waals surface area contributed by atoms with Crippen molar-refractivity contribution in [1.82, 2.24) is 4.98 Å². The van der Waals surface area contributed by atoms with Crippen molar-refractivity contribution in [3.63, 3.8) is 0 Å². The van der Waals surface area contributed by atoms with Crippen molar-refractivity contribution in [2.45, 2.75) is 25.9 Å². The molecule has 1 fully saturated rings. The van der Waals surface area contributed by atoms with Gasteiger partial charge in [-0.3, -0.25) is 4.98 Å². The van der Waals surface area contributed by atoms with Gasteiger partial charge in [-0.15, -0.1) is 0 Å². The average molecular weight is 207 g/mol. The van der Waals surface area contributed by atoms with E-state index in [0.29, 0.717) is 5.92 Å². The van der Waals surface area contributed by atoms with Crippen LogP contribution in [0.5, 0.6) is 0 Å². The second-order valence-electron chi connectivity index (χ2n) is 4.15. The highest BCUT2D eigenvalue weighted by molar-refractivity contribution is 5.16. The lowest BCUT2D eigenvalue weighted by Gasteiger charge is -2.26. The van der Waals surface area contributed by atoms with E-state index in [0.717, 1.165) is 37.3 Å². The lowest BCUT2D eigenvalue weighted by Crippen LogP contribution is -2.22. The molecule has 1 saturated heterocycles. The Morgan fingerprint density at radius 3 is 2.87 bits per heavy atom. The van der Waals surface area contributed by atoms with Gasteiger partial charge in [0.1, 0.15) is 0 Å². The second-order valence-corrected chi connectivity index (χ2v) is 4.15. The maximum atomic E-state index is 10.2. The number of aromatic nitrogens is 1. The van der Waals surface area contributed by atoms with Gasteiger partial charge in [0.05, 0.1) is 11.8 Å². The Hall–Kier alpha value is -0.930. The fourth-order valence-electron chi connectivity index (χ4n) is 1.99. The van der Waals surface area contributed by atoms with E-state index >= 15 is 0 Å². The summed E-state index contributed by atoms with van der Waals surface area (Å²) in [7, 11) is 0. The minimum absolute atomic E-state index is 0.299. The van der Waals surface area contributed by atoms with Crippen molar-refractivity contribution in [3.05, 3.63) is 29.6 Å². The van der Waals surface area contributed by atoms with Gasteiger partial charge < -0.3 is 9.84 Å². The molecule has 2 heterocycles. The van der Waals surface area contributed by atoms with Gasteiger partial charge in [0.2, 0.25) is 0 Å². The molecule has 82 valence electrons. The third kappa shape index (κ3) is 2.55. The van der Waals surface area contributed by atoms with Gasteiger partial charge in [-0.05, 0) is 43.4 Å². The maximum absolute atomic E-state index is 10.2. The van der Waals surface area contributed by atoms with Crippen LogP contribution in [0.15, 0.2) is 18.3 Å². The molecule has 0 radical (unpaired) electrons. The number of aryl methyl sites for hydroxylation is 1. The van der Waals surface area contributed by atoms with E-state index in [1.807, 2.05) is 19.1 Å². The quantitative estimate of drug-likeness (QED) is 0.804. The zero-order valence-electron chi connectivity index (χ0n) is 9.02. The van der Waals surface area contributed by atoms with E-state index in [-0.39, 0.29) is 0 Å². The Morgan fingerprint density at radius 1 is 1.47 bits per heavy atom. The third-order valence-electron chi connectivity index (χ3n) is 2.95. The summed E-state index contributed by atoms with van der Waals surface area (Å²) in [6, 6.07) is 3.90. The van der Waals surface area contributed by atoms with Gasteiger partial charge in [-0.1, -0.05) is 0 Å². The van der Waals surface area contributed by atoms with Crippen LogP contribution in [0, 0.1) is 12.8 Å². The van der Waals surface area contributed by atoms with E-state index in [9.17, 15) is 5.11 Å². The summed E-state index contributed by atoms with van der Waals surface area (Å²) in [4.78, 5) is 4.22. The van der Waals surface area contributed by atoms with Crippen LogP contribution in [0.1, 0.15) is 30.2 Å². The number of aliphatic hydroxyl groups is 1. The number of aliphatic hydroxyl groups excluding tert-OH is 1. The fourth-order valence-corrected chi connectivity index (χ4v) is 1.99. The molecule has 1 N–H and O–H groups in total. The molecule has 1 aliphatic heterocycles. The second kappa shape index (κ2) is 4.73. The molecule has 1 aromatic rings. The Kier molecular flexibility index (Phi) is 3.34. The highest BCUT2D eigenvalue weighted by atomic mass is 16.5. The zero-order valence-corrected chi connectivity index (χ0v) is 9.02. The summed E-state index contributed by atoms with van der Waals surface area (Å²) in [5.41, 5.74) is 1.94. The molecular weight excluding hydrogens is 190 g/mol. The summed E-state index contributed by atoms with van der Waals surface area (Å²) in [5.74, 6) is 0.299. The number of ether oxygens (including phenoxy) is 1. The Labute approximate surface area is 90.1 Å². The molecule has 0 aromatic carbocycles. The summed E-state index contributed by atoms with van der Waals surface area (Å²) in [5, 5.41) is 10.2. The SMILES string of the molecule is Cc1ccnc(C(O)C2CCOCC2)c1. The molecule has 3 nitrogen and oxygen atoms in total. The molecule has 0 amide bonds. The Bertz CT molecular complexity index is 321. The van der Waals surface area contributed by atoms with Gasteiger partial charge in [-0.2, -0.15) is 0 Å². The van der Waals surface area contributed by atoms with Crippen molar-refractivity contribution < 1.29 is 9.84 Å². The molecule has 1 atom stereocenters. The highest BCUT2D eigenvalue weighted by Crippen LogP contribution is 2.28. The monoisotopic (exact) mass is 207 g/mol. The normalized spacial score (nSPS) is 20.1. The average Bonchev–Trinajstić information content (AvgIpc) is 2.29. The number of hydrogen-bond acceptors (Lipinski definition) is 3. The van der Waals surface area contributed by atoms with Crippen LogP contribution in [0.3, 0.4) is 0 Å². The molecule has 1 aliphatic rings. The van der Waals surface area contributed by atoms with Gasteiger partial charge in [-0.25, -0.2) is 0 Å². The van der Waals surface area contributed by atoms with E-state index < -0.39 is 6.10 Å². The van der Waals surface area contributed by atoms with E-state index in [2.05, 4.69) is 4.98 Å². The summed E-state index contributed by atoms with van der Waals surface area (Å²) in [6.07, 6.45) is 3.18. The van der Waals surface area contributed by atoms with E-state index in [1.165, 1.54) is 0 Å². The van der Waals surface area contributed by atoms with E-state index in [1.54, 1.807) is 6.20 Å². The van der Waals surface area contributed by atoms with Crippen LogP contribution >= 0.6 is 0 Å². The van der Waals surface area contributed by atoms with Crippen LogP contribution in [0.25, 0.3) is 0 Å². The van der Waals surface area contributed by atoms with Crippen LogP contribution in [0.4, 0.5) is 0 Å². The first-order valence-electron chi connectivity index (χ1n) is 5.46. The number of rotatable bonds is 2. The molecule has 0 spiro atoms. The highest BCUT2D eigenvalue weighted by Gasteiger charge is 2.24. The number of hydrogen-bond donors (Lipinski definition) is 1. The van der Waals surface area contributed by atoms with Gasteiger partial charge in [0, 0.05) is 19.4 Å². The largest absolute Gasteiger partial charge is 0.387 e. The molecule has 1 unspecified atom stereocenters. The van der Waals surface area contributed by atoms with Crippen LogP contribution in [-0.2, 0) is 4.74 Å². The molecule has 15 heavy (non-hydrogen) atoms. The van der Waals surface area contributed by atoms with Gasteiger partial charge in [0.25, 0.3) is 0 Å². The van der Waals surface area contributed by atoms with Crippen LogP contribution in [0.2, 0.25) is 0 Å². The molecule has 3 heteroatoms. The lowest BCUT2D eigenvalue weighted by atomic mass is 9.91. The lowest BCUT2D eigenvalue weighted by molar-refractivity contribution is 0.00556. The summed E-state index contributed by atoms with van der Waals surface area (Å²) >= 11 is 0. The van der Waals surface area contributed by atoms with Crippen molar-refractivity contribution in [2.24, 2.45) is 5.92 Å². The first-order valence-corrected chi connectivity index (χ1v) is 5.46. The minimum atomic E-state index is -0.436. The van der Waals surface area contributed by atoms with Gasteiger partial charge >= 0.3 is 0 Å². The van der Waals surface area contributed by atoms with E-state index in [4.69, 9.17) is 4.74 Å². The summed E-state index contributed by atoms with van der Waals surface area (Å²) < 4.78 is 5.28. The van der Waals surface area contributed by atoms with Crippen molar-refractivity contribution >= 4 is 0 Å². The van der Waals surface area contributed by atoms with Gasteiger partial charge in [0.15, 0.2) is 0 Å². The van der Waals surface area contributed by atoms with Crippen molar-refractivity contribution in [1.29, 1.82) is 0 Å². The summed E-state index contributed by atoms with van der Waals surface area (Å²) in [6.45, 7) is 3.53. The topological polar surface area (TPSA) is 42.4 Å². The predicted octanol–water partition coefficient (Wildman–Crippen LogP) is 1.85. The number of nitrogens with zero attached hydrogens (tertiary/aromatic N) is 1. The zero-order chi connectivity index (χ0) is 10.7. The maximum Gasteiger partial charge on any atom is 0.0989 e. The smallest absolute Gasteiger partial charge is 0.0989 e. The van der Waals surface area contributed by atoms with Crippen molar-refractivity contribution in [2.75, 3.05) is 13.2 Å². The minimum Gasteiger partial charge on any atom is -0.387 e. The van der Waals surface area contributed by atoms with Crippen LogP contribution in [-0.4, -0.2) is 23.3 Å². The standard InChI is InChI=1S/C12H17NO2/c1-9-2-5-13-11(8-9)12(14)10-3-6-15-7-4-10/h2,5,8,10,12,14H,3-4,6-7H2,1H3. The molecule has 0 bridgehead atoms. The molecule has 1 aromatic heterocycles. The van der Waals surface area contributed by atoms with Crippen molar-refractivity contribution in [3.8, 4) is 0 Å². The van der Waals surface area contributed by atoms with Crippen LogP contribution < -0.4 is 0 Å². The Morgan fingerprint density at radius 2 is 2.20 bits per heavy atom. The first-order chi connectivity index (χ1) is 7.27. The fraction of sp³-hybridized carbons (Fsp3) is 0.583. The molecule has 0 aliphatic carbocycles. The number of pyridine rings is 1. The molecule has 0 saturated carbocycles. The molecule has 2 rings (SSSR count). The Balaban J connectivity index is 2.08.